The van der Waals surface area contributed by atoms with Crippen molar-refractivity contribution in [2.45, 2.75) is 0 Å². The van der Waals surface area contributed by atoms with Crippen molar-refractivity contribution in [3.8, 4) is 17.1 Å². The zero-order chi connectivity index (χ0) is 19.3. The molecular weight excluding hydrogens is 459 g/mol. The third-order valence-electron chi connectivity index (χ3n) is 4.36. The molecule has 5 aromatic rings. The Balaban J connectivity index is 1.90. The minimum atomic E-state index is 0.540. The van der Waals surface area contributed by atoms with Gasteiger partial charge in [-0.05, 0) is 42.5 Å². The van der Waals surface area contributed by atoms with E-state index >= 15 is 0 Å². The number of nitrogens with zero attached hydrogens (tertiary/aromatic N) is 4. The Morgan fingerprint density at radius 3 is 2.18 bits per heavy atom. The highest BCUT2D eigenvalue weighted by Gasteiger charge is 2.18. The number of fused-ring (bicyclic) bond motifs is 2. The van der Waals surface area contributed by atoms with E-state index in [2.05, 4.69) is 15.9 Å². The van der Waals surface area contributed by atoms with E-state index in [9.17, 15) is 0 Å². The highest BCUT2D eigenvalue weighted by molar-refractivity contribution is 9.10. The fourth-order valence-corrected chi connectivity index (χ4v) is 4.10. The summed E-state index contributed by atoms with van der Waals surface area (Å²) < 4.78 is 2.90. The fraction of sp³-hybridized carbons (Fsp3) is 0. The Hall–Kier alpha value is -2.47. The van der Waals surface area contributed by atoms with Crippen molar-refractivity contribution < 1.29 is 0 Å². The smallest absolute Gasteiger partial charge is 0.199 e. The summed E-state index contributed by atoms with van der Waals surface area (Å²) in [7, 11) is 0. The van der Waals surface area contributed by atoms with E-state index in [0.717, 1.165) is 26.8 Å². The fourth-order valence-electron chi connectivity index (χ4n) is 3.19. The van der Waals surface area contributed by atoms with Gasteiger partial charge in [-0.15, -0.1) is 0 Å². The molecule has 0 amide bonds. The lowest BCUT2D eigenvalue weighted by atomic mass is 10.2. The third-order valence-corrected chi connectivity index (χ3v) is 5.29. The molecule has 5 rings (SSSR count). The van der Waals surface area contributed by atoms with Gasteiger partial charge in [-0.25, -0.2) is 15.0 Å². The lowest BCUT2D eigenvalue weighted by molar-refractivity contribution is 1.08. The average molecular weight is 470 g/mol. The molecule has 0 atom stereocenters. The Kier molecular flexibility index (Phi) is 4.31. The number of imidazole rings is 1. The Bertz CT molecular complexity index is 1340. The van der Waals surface area contributed by atoms with Gasteiger partial charge in [0.2, 0.25) is 0 Å². The van der Waals surface area contributed by atoms with Crippen LogP contribution in [0.4, 0.5) is 0 Å². The maximum Gasteiger partial charge on any atom is 0.199 e. The van der Waals surface area contributed by atoms with Crippen molar-refractivity contribution in [1.82, 2.24) is 19.5 Å². The third kappa shape index (κ3) is 3.05. The number of benzene rings is 3. The van der Waals surface area contributed by atoms with Gasteiger partial charge in [0.05, 0.1) is 16.7 Å². The molecule has 0 radical (unpaired) electrons. The number of para-hydroxylation sites is 2. The highest BCUT2D eigenvalue weighted by Crippen LogP contribution is 2.31. The topological polar surface area (TPSA) is 43.6 Å². The van der Waals surface area contributed by atoms with E-state index in [4.69, 9.17) is 38.2 Å². The zero-order valence-corrected chi connectivity index (χ0v) is 17.4. The summed E-state index contributed by atoms with van der Waals surface area (Å²) in [5.41, 5.74) is 4.50. The van der Waals surface area contributed by atoms with E-state index in [-0.39, 0.29) is 0 Å². The summed E-state index contributed by atoms with van der Waals surface area (Å²) in [5.74, 6) is 0.713. The van der Waals surface area contributed by atoms with Gasteiger partial charge in [-0.2, -0.15) is 0 Å². The molecule has 0 saturated heterocycles. The zero-order valence-electron chi connectivity index (χ0n) is 14.3. The van der Waals surface area contributed by atoms with Crippen molar-refractivity contribution in [3.05, 3.63) is 81.2 Å². The first kappa shape index (κ1) is 17.6. The first-order valence-corrected chi connectivity index (χ1v) is 10.0. The van der Waals surface area contributed by atoms with Gasteiger partial charge in [-0.3, -0.25) is 4.57 Å². The molecule has 4 nitrogen and oxygen atoms in total. The second-order valence-electron chi connectivity index (χ2n) is 6.27. The molecule has 136 valence electrons. The van der Waals surface area contributed by atoms with Crippen LogP contribution in [-0.2, 0) is 0 Å². The van der Waals surface area contributed by atoms with Gasteiger partial charge in [0, 0.05) is 20.1 Å². The molecule has 7 heteroatoms. The Morgan fingerprint density at radius 1 is 0.750 bits per heavy atom. The predicted molar refractivity (Wildman–Crippen MR) is 117 cm³/mol. The van der Waals surface area contributed by atoms with Crippen molar-refractivity contribution in [2.75, 3.05) is 0 Å². The van der Waals surface area contributed by atoms with Crippen LogP contribution in [0.3, 0.4) is 0 Å². The minimum absolute atomic E-state index is 0.540. The number of aromatic nitrogens is 4. The first-order valence-electron chi connectivity index (χ1n) is 8.46. The second kappa shape index (κ2) is 6.85. The molecule has 2 heterocycles. The molecule has 0 spiro atoms. The van der Waals surface area contributed by atoms with Crippen molar-refractivity contribution >= 4 is 61.5 Å². The van der Waals surface area contributed by atoms with Crippen LogP contribution >= 0.6 is 39.1 Å². The summed E-state index contributed by atoms with van der Waals surface area (Å²) in [6, 6.07) is 21.0. The summed E-state index contributed by atoms with van der Waals surface area (Å²) in [6.07, 6.45) is 0. The quantitative estimate of drug-likeness (QED) is 0.288. The average Bonchev–Trinajstić information content (AvgIpc) is 3.03. The molecule has 0 bridgehead atoms. The SMILES string of the molecule is Clc1cc(Cl)cc(-n2c(-c3cccc(Br)c3)nc3nc4ccccc4nc32)c1. The number of hydrogen-bond acceptors (Lipinski definition) is 3. The number of halogens is 3. The number of hydrogen-bond donors (Lipinski definition) is 0. The van der Waals surface area contributed by atoms with Gasteiger partial charge in [0.15, 0.2) is 11.3 Å². The van der Waals surface area contributed by atoms with E-state index in [0.29, 0.717) is 27.2 Å². The summed E-state index contributed by atoms with van der Waals surface area (Å²) in [6.45, 7) is 0. The van der Waals surface area contributed by atoms with Crippen molar-refractivity contribution in [3.63, 3.8) is 0 Å². The van der Waals surface area contributed by atoms with Gasteiger partial charge in [-0.1, -0.05) is 63.4 Å². The van der Waals surface area contributed by atoms with Crippen molar-refractivity contribution in [2.24, 2.45) is 0 Å². The molecule has 0 fully saturated rings. The van der Waals surface area contributed by atoms with Crippen LogP contribution in [0.15, 0.2) is 71.2 Å². The van der Waals surface area contributed by atoms with Gasteiger partial charge in [0.25, 0.3) is 0 Å². The number of rotatable bonds is 2. The Labute approximate surface area is 178 Å². The predicted octanol–water partition coefficient (Wildman–Crippen LogP) is 6.71. The second-order valence-corrected chi connectivity index (χ2v) is 8.06. The standard InChI is InChI=1S/C21H11BrCl2N4/c22-13-5-3-4-12(8-13)20-27-19-21(26-18-7-2-1-6-17(18)25-19)28(20)16-10-14(23)9-15(24)11-16/h1-11H. The molecule has 0 N–H and O–H groups in total. The lowest BCUT2D eigenvalue weighted by Gasteiger charge is -2.10. The van der Waals surface area contributed by atoms with Crippen LogP contribution < -0.4 is 0 Å². The van der Waals surface area contributed by atoms with Gasteiger partial charge < -0.3 is 0 Å². The van der Waals surface area contributed by atoms with E-state index in [1.807, 2.05) is 65.2 Å². The van der Waals surface area contributed by atoms with Crippen LogP contribution in [-0.4, -0.2) is 19.5 Å². The molecule has 0 aliphatic carbocycles. The lowest BCUT2D eigenvalue weighted by Crippen LogP contribution is -1.99. The van der Waals surface area contributed by atoms with E-state index < -0.39 is 0 Å². The molecule has 3 aromatic carbocycles. The van der Waals surface area contributed by atoms with Crippen LogP contribution in [0.25, 0.3) is 39.4 Å². The highest BCUT2D eigenvalue weighted by atomic mass is 79.9. The molecule has 0 aliphatic heterocycles. The van der Waals surface area contributed by atoms with Crippen LogP contribution in [0, 0.1) is 0 Å². The van der Waals surface area contributed by atoms with Gasteiger partial charge >= 0.3 is 0 Å². The van der Waals surface area contributed by atoms with Crippen LogP contribution in [0.2, 0.25) is 10.0 Å². The molecule has 0 saturated carbocycles. The van der Waals surface area contributed by atoms with E-state index in [1.165, 1.54) is 0 Å². The molecule has 2 aromatic heterocycles. The molecule has 0 aliphatic rings. The van der Waals surface area contributed by atoms with Crippen molar-refractivity contribution in [1.29, 1.82) is 0 Å². The van der Waals surface area contributed by atoms with Crippen LogP contribution in [0.5, 0.6) is 0 Å². The monoisotopic (exact) mass is 468 g/mol. The molecular formula is C21H11BrCl2N4. The normalized spacial score (nSPS) is 11.4. The minimum Gasteiger partial charge on any atom is -0.275 e. The Morgan fingerprint density at radius 2 is 1.46 bits per heavy atom. The van der Waals surface area contributed by atoms with E-state index in [1.54, 1.807) is 6.07 Å². The van der Waals surface area contributed by atoms with Crippen LogP contribution in [0.1, 0.15) is 0 Å². The maximum absolute atomic E-state index is 6.28. The maximum atomic E-state index is 6.28. The van der Waals surface area contributed by atoms with Gasteiger partial charge in [0.1, 0.15) is 5.82 Å². The first-order chi connectivity index (χ1) is 13.6. The largest absolute Gasteiger partial charge is 0.275 e. The molecule has 28 heavy (non-hydrogen) atoms. The summed E-state index contributed by atoms with van der Waals surface area (Å²) >= 11 is 16.1. The summed E-state index contributed by atoms with van der Waals surface area (Å²) in [5, 5.41) is 1.08. The molecule has 0 unspecified atom stereocenters. The summed E-state index contributed by atoms with van der Waals surface area (Å²) in [4.78, 5) is 14.3.